The fourth-order valence-electron chi connectivity index (χ4n) is 2.57. The Hall–Kier alpha value is -1.31. The maximum absolute atomic E-state index is 12.4. The average Bonchev–Trinajstić information content (AvgIpc) is 3.20. The molecule has 0 atom stereocenters. The summed E-state index contributed by atoms with van der Waals surface area (Å²) in [5.74, 6) is 0.814. The zero-order valence-corrected chi connectivity index (χ0v) is 15.2. The van der Waals surface area contributed by atoms with Crippen molar-refractivity contribution in [1.29, 1.82) is 0 Å². The topological polar surface area (TPSA) is 56.7 Å². The molecule has 1 heterocycles. The van der Waals surface area contributed by atoms with Crippen molar-refractivity contribution in [3.05, 3.63) is 29.8 Å². The van der Waals surface area contributed by atoms with E-state index in [-0.39, 0.29) is 36.4 Å². The quantitative estimate of drug-likeness (QED) is 0.450. The number of carbonyl (C=O) groups excluding carboxylic acids is 1. The van der Waals surface area contributed by atoms with E-state index < -0.39 is 0 Å². The van der Waals surface area contributed by atoms with Crippen LogP contribution in [0, 0.1) is 0 Å². The lowest BCUT2D eigenvalue weighted by Gasteiger charge is -2.17. The van der Waals surface area contributed by atoms with Crippen LogP contribution < -0.4 is 15.5 Å². The summed E-state index contributed by atoms with van der Waals surface area (Å²) < 4.78 is 0. The first-order valence-electron chi connectivity index (χ1n) is 7.71. The Bertz CT molecular complexity index is 557. The van der Waals surface area contributed by atoms with Crippen LogP contribution >= 0.6 is 24.0 Å². The molecule has 0 unspecified atom stereocenters. The Morgan fingerprint density at radius 2 is 2.14 bits per heavy atom. The van der Waals surface area contributed by atoms with Crippen molar-refractivity contribution >= 4 is 41.5 Å². The predicted molar refractivity (Wildman–Crippen MR) is 100 cm³/mol. The lowest BCUT2D eigenvalue weighted by molar-refractivity contribution is -0.117. The van der Waals surface area contributed by atoms with Crippen LogP contribution in [-0.4, -0.2) is 37.5 Å². The molecule has 0 saturated heterocycles. The fraction of sp³-hybridized carbons (Fsp3) is 0.500. The molecule has 1 aliphatic heterocycles. The molecule has 5 nitrogen and oxygen atoms in total. The van der Waals surface area contributed by atoms with Crippen LogP contribution in [0.4, 0.5) is 5.69 Å². The molecular formula is C16H23IN4O. The predicted octanol–water partition coefficient (Wildman–Crippen LogP) is 1.91. The summed E-state index contributed by atoms with van der Waals surface area (Å²) in [7, 11) is 0. The van der Waals surface area contributed by atoms with E-state index in [1.165, 1.54) is 18.4 Å². The monoisotopic (exact) mass is 414 g/mol. The molecule has 6 heteroatoms. The van der Waals surface area contributed by atoms with Gasteiger partial charge in [0.2, 0.25) is 5.91 Å². The summed E-state index contributed by atoms with van der Waals surface area (Å²) >= 11 is 0. The van der Waals surface area contributed by atoms with Crippen molar-refractivity contribution in [2.24, 2.45) is 4.99 Å². The maximum Gasteiger partial charge on any atom is 0.248 e. The highest BCUT2D eigenvalue weighted by Gasteiger charge is 2.25. The SMILES string of the molecule is CCNC(=NCC(=O)N1CCc2ccccc21)NC1CC1.I. The van der Waals surface area contributed by atoms with Crippen LogP contribution in [0.3, 0.4) is 0 Å². The molecule has 120 valence electrons. The Morgan fingerprint density at radius 3 is 2.86 bits per heavy atom. The molecular weight excluding hydrogens is 391 g/mol. The number of para-hydroxylation sites is 1. The molecule has 0 radical (unpaired) electrons. The van der Waals surface area contributed by atoms with Gasteiger partial charge in [0.25, 0.3) is 0 Å². The second kappa shape index (κ2) is 7.80. The minimum Gasteiger partial charge on any atom is -0.357 e. The van der Waals surface area contributed by atoms with Crippen LogP contribution in [0.5, 0.6) is 0 Å². The zero-order chi connectivity index (χ0) is 14.7. The van der Waals surface area contributed by atoms with Crippen LogP contribution in [0.1, 0.15) is 25.3 Å². The lowest BCUT2D eigenvalue weighted by Crippen LogP contribution is -2.40. The van der Waals surface area contributed by atoms with Crippen LogP contribution in [0.2, 0.25) is 0 Å². The van der Waals surface area contributed by atoms with Gasteiger partial charge in [-0.3, -0.25) is 4.79 Å². The second-order valence-electron chi connectivity index (χ2n) is 5.54. The number of guanidine groups is 1. The van der Waals surface area contributed by atoms with Crippen molar-refractivity contribution < 1.29 is 4.79 Å². The van der Waals surface area contributed by atoms with Gasteiger partial charge >= 0.3 is 0 Å². The number of nitrogens with one attached hydrogen (secondary N) is 2. The molecule has 0 bridgehead atoms. The number of anilines is 1. The Kier molecular flexibility index (Phi) is 6.05. The first-order valence-corrected chi connectivity index (χ1v) is 7.71. The van der Waals surface area contributed by atoms with Gasteiger partial charge in [-0.2, -0.15) is 0 Å². The number of fused-ring (bicyclic) bond motifs is 1. The van der Waals surface area contributed by atoms with Crippen LogP contribution in [-0.2, 0) is 11.2 Å². The summed E-state index contributed by atoms with van der Waals surface area (Å²) in [5.41, 5.74) is 2.29. The van der Waals surface area contributed by atoms with Crippen molar-refractivity contribution in [3.63, 3.8) is 0 Å². The van der Waals surface area contributed by atoms with Gasteiger partial charge in [0.05, 0.1) is 0 Å². The minimum atomic E-state index is 0. The first kappa shape index (κ1) is 17.1. The number of amides is 1. The van der Waals surface area contributed by atoms with Gasteiger partial charge < -0.3 is 15.5 Å². The minimum absolute atomic E-state index is 0. The molecule has 1 aliphatic carbocycles. The van der Waals surface area contributed by atoms with E-state index in [9.17, 15) is 4.79 Å². The van der Waals surface area contributed by atoms with Crippen molar-refractivity contribution in [1.82, 2.24) is 10.6 Å². The van der Waals surface area contributed by atoms with Crippen molar-refractivity contribution in [3.8, 4) is 0 Å². The van der Waals surface area contributed by atoms with E-state index in [1.54, 1.807) is 0 Å². The van der Waals surface area contributed by atoms with E-state index in [2.05, 4.69) is 21.7 Å². The van der Waals surface area contributed by atoms with Gasteiger partial charge in [0.15, 0.2) is 5.96 Å². The molecule has 0 aromatic heterocycles. The van der Waals surface area contributed by atoms with Gasteiger partial charge in [-0.25, -0.2) is 4.99 Å². The zero-order valence-electron chi connectivity index (χ0n) is 12.8. The van der Waals surface area contributed by atoms with E-state index in [0.717, 1.165) is 31.2 Å². The molecule has 2 aliphatic rings. The fourth-order valence-corrected chi connectivity index (χ4v) is 2.57. The lowest BCUT2D eigenvalue weighted by atomic mass is 10.2. The number of carbonyl (C=O) groups is 1. The molecule has 1 aromatic carbocycles. The molecule has 1 fully saturated rings. The normalized spacial score (nSPS) is 16.8. The smallest absolute Gasteiger partial charge is 0.248 e. The number of aliphatic imine (C=N–C) groups is 1. The largest absolute Gasteiger partial charge is 0.357 e. The molecule has 1 amide bonds. The standard InChI is InChI=1S/C16H22N4O.HI/c1-2-17-16(19-13-7-8-13)18-11-15(21)20-10-9-12-5-3-4-6-14(12)20;/h3-6,13H,2,7-11H2,1H3,(H2,17,18,19);1H. The van der Waals surface area contributed by atoms with Gasteiger partial charge in [-0.1, -0.05) is 18.2 Å². The van der Waals surface area contributed by atoms with E-state index in [1.807, 2.05) is 30.0 Å². The van der Waals surface area contributed by atoms with Gasteiger partial charge in [-0.15, -0.1) is 24.0 Å². The highest BCUT2D eigenvalue weighted by atomic mass is 127. The Labute approximate surface area is 148 Å². The Morgan fingerprint density at radius 1 is 1.36 bits per heavy atom. The van der Waals surface area contributed by atoms with Gasteiger partial charge in [0, 0.05) is 24.8 Å². The number of benzene rings is 1. The van der Waals surface area contributed by atoms with Gasteiger partial charge in [0.1, 0.15) is 6.54 Å². The third-order valence-electron chi connectivity index (χ3n) is 3.82. The summed E-state index contributed by atoms with van der Waals surface area (Å²) in [6.07, 6.45) is 3.32. The van der Waals surface area contributed by atoms with E-state index in [0.29, 0.717) is 6.04 Å². The number of hydrogen-bond donors (Lipinski definition) is 2. The number of halogens is 1. The van der Waals surface area contributed by atoms with Crippen molar-refractivity contribution in [2.75, 3.05) is 24.5 Å². The average molecular weight is 414 g/mol. The molecule has 2 N–H and O–H groups in total. The maximum atomic E-state index is 12.4. The van der Waals surface area contributed by atoms with Crippen LogP contribution in [0.25, 0.3) is 0 Å². The van der Waals surface area contributed by atoms with Gasteiger partial charge in [-0.05, 0) is 37.8 Å². The summed E-state index contributed by atoms with van der Waals surface area (Å²) in [5, 5.41) is 6.51. The molecule has 0 spiro atoms. The molecule has 22 heavy (non-hydrogen) atoms. The van der Waals surface area contributed by atoms with E-state index >= 15 is 0 Å². The number of hydrogen-bond acceptors (Lipinski definition) is 2. The third-order valence-corrected chi connectivity index (χ3v) is 3.82. The van der Waals surface area contributed by atoms with Crippen LogP contribution in [0.15, 0.2) is 29.3 Å². The summed E-state index contributed by atoms with van der Waals surface area (Å²) in [6, 6.07) is 8.63. The second-order valence-corrected chi connectivity index (χ2v) is 5.54. The van der Waals surface area contributed by atoms with E-state index in [4.69, 9.17) is 0 Å². The highest BCUT2D eigenvalue weighted by Crippen LogP contribution is 2.27. The molecule has 1 aromatic rings. The summed E-state index contributed by atoms with van der Waals surface area (Å²) in [4.78, 5) is 18.6. The number of rotatable bonds is 4. The number of nitrogens with zero attached hydrogens (tertiary/aromatic N) is 2. The Balaban J connectivity index is 0.00000176. The third kappa shape index (κ3) is 4.12. The summed E-state index contributed by atoms with van der Waals surface area (Å²) in [6.45, 7) is 3.79. The first-order chi connectivity index (χ1) is 10.3. The van der Waals surface area contributed by atoms with Crippen molar-refractivity contribution in [2.45, 2.75) is 32.2 Å². The molecule has 1 saturated carbocycles. The molecule has 3 rings (SSSR count). The highest BCUT2D eigenvalue weighted by molar-refractivity contribution is 14.0.